The lowest BCUT2D eigenvalue weighted by Gasteiger charge is -2.02. The van der Waals surface area contributed by atoms with Crippen molar-refractivity contribution in [2.45, 2.75) is 19.9 Å². The highest BCUT2D eigenvalue weighted by Crippen LogP contribution is 2.10. The summed E-state index contributed by atoms with van der Waals surface area (Å²) in [5.74, 6) is 0. The van der Waals surface area contributed by atoms with Crippen LogP contribution in [-0.2, 0) is 13.6 Å². The Balaban J connectivity index is 2.87. The first-order chi connectivity index (χ1) is 7.15. The van der Waals surface area contributed by atoms with E-state index >= 15 is 0 Å². The Kier molecular flexibility index (Phi) is 2.44. The molecule has 2 aromatic heterocycles. The fraction of sp³-hybridized carbons (Fsp3) is 0.444. The van der Waals surface area contributed by atoms with Crippen molar-refractivity contribution in [3.63, 3.8) is 0 Å². The van der Waals surface area contributed by atoms with Crippen LogP contribution in [0, 0.1) is 4.64 Å². The minimum Gasteiger partial charge on any atom is -0.327 e. The number of hydrogen-bond donors (Lipinski definition) is 1. The van der Waals surface area contributed by atoms with E-state index < -0.39 is 0 Å². The van der Waals surface area contributed by atoms with Crippen LogP contribution in [0.25, 0.3) is 11.2 Å². The number of nitrogens with zero attached hydrogens (tertiary/aromatic N) is 3. The second kappa shape index (κ2) is 3.62. The summed E-state index contributed by atoms with van der Waals surface area (Å²) in [6.45, 7) is 2.94. The molecule has 0 aliphatic rings. The highest BCUT2D eigenvalue weighted by Gasteiger charge is 2.08. The first-order valence-corrected chi connectivity index (χ1v) is 5.20. The van der Waals surface area contributed by atoms with Crippen molar-refractivity contribution in [2.75, 3.05) is 0 Å². The Hall–Kier alpha value is -1.43. The molecular weight excluding hydrogens is 212 g/mol. The van der Waals surface area contributed by atoms with Gasteiger partial charge in [-0.3, -0.25) is 9.55 Å². The molecule has 0 aliphatic carbocycles. The number of fused-ring (bicyclic) bond motifs is 1. The van der Waals surface area contributed by atoms with Crippen LogP contribution in [0.5, 0.6) is 0 Å². The Labute approximate surface area is 91.4 Å². The number of imidazole rings is 1. The predicted molar refractivity (Wildman–Crippen MR) is 60.4 cm³/mol. The van der Waals surface area contributed by atoms with Gasteiger partial charge in [-0.25, -0.2) is 9.78 Å². The molecule has 0 amide bonds. The Morgan fingerprint density at radius 2 is 2.33 bits per heavy atom. The lowest BCUT2D eigenvalue weighted by atomic mass is 10.4. The molecule has 2 aromatic rings. The van der Waals surface area contributed by atoms with Gasteiger partial charge in [0.25, 0.3) is 0 Å². The zero-order chi connectivity index (χ0) is 11.0. The Morgan fingerprint density at radius 3 is 3.00 bits per heavy atom. The third-order valence-electron chi connectivity index (χ3n) is 2.34. The van der Waals surface area contributed by atoms with Crippen LogP contribution < -0.4 is 5.69 Å². The Morgan fingerprint density at radius 1 is 1.60 bits per heavy atom. The third-order valence-corrected chi connectivity index (χ3v) is 2.64. The summed E-state index contributed by atoms with van der Waals surface area (Å²) in [5, 5.41) is 0. The van der Waals surface area contributed by atoms with Gasteiger partial charge in [-0.15, -0.1) is 0 Å². The summed E-state index contributed by atoms with van der Waals surface area (Å²) < 4.78 is 3.89. The van der Waals surface area contributed by atoms with Crippen molar-refractivity contribution < 1.29 is 0 Å². The van der Waals surface area contributed by atoms with E-state index in [0.29, 0.717) is 10.3 Å². The highest BCUT2D eigenvalue weighted by molar-refractivity contribution is 7.71. The fourth-order valence-electron chi connectivity index (χ4n) is 1.60. The molecule has 2 heterocycles. The zero-order valence-electron chi connectivity index (χ0n) is 8.65. The third kappa shape index (κ3) is 1.50. The molecule has 0 aromatic carbocycles. The largest absolute Gasteiger partial charge is 0.327 e. The van der Waals surface area contributed by atoms with Gasteiger partial charge < -0.3 is 4.57 Å². The predicted octanol–water partition coefficient (Wildman–Crippen LogP) is 1.20. The van der Waals surface area contributed by atoms with Crippen LogP contribution in [0.15, 0.2) is 11.1 Å². The number of H-pyrrole nitrogens is 1. The summed E-state index contributed by atoms with van der Waals surface area (Å²) in [4.78, 5) is 18.2. The maximum Gasteiger partial charge on any atom is 0.327 e. The number of rotatable bonds is 2. The molecule has 0 saturated carbocycles. The number of aromatic nitrogens is 4. The van der Waals surface area contributed by atoms with E-state index in [9.17, 15) is 4.79 Å². The van der Waals surface area contributed by atoms with E-state index in [1.807, 2.05) is 4.57 Å². The van der Waals surface area contributed by atoms with E-state index in [1.165, 1.54) is 4.57 Å². The van der Waals surface area contributed by atoms with Gasteiger partial charge in [0, 0.05) is 13.6 Å². The minimum atomic E-state index is -0.228. The molecule has 1 N–H and O–H groups in total. The Bertz CT molecular complexity index is 607. The fourth-order valence-corrected chi connectivity index (χ4v) is 1.89. The van der Waals surface area contributed by atoms with Gasteiger partial charge in [-0.1, -0.05) is 19.1 Å². The molecule has 15 heavy (non-hydrogen) atoms. The van der Waals surface area contributed by atoms with E-state index in [1.54, 1.807) is 13.4 Å². The number of nitrogens with one attached hydrogen (secondary N) is 1. The molecule has 5 nitrogen and oxygen atoms in total. The first-order valence-electron chi connectivity index (χ1n) is 4.79. The van der Waals surface area contributed by atoms with Gasteiger partial charge in [-0.2, -0.15) is 0 Å². The van der Waals surface area contributed by atoms with Crippen LogP contribution in [0.4, 0.5) is 0 Å². The summed E-state index contributed by atoms with van der Waals surface area (Å²) in [6, 6.07) is 0. The zero-order valence-corrected chi connectivity index (χ0v) is 9.47. The van der Waals surface area contributed by atoms with Gasteiger partial charge in [0.05, 0.1) is 6.33 Å². The van der Waals surface area contributed by atoms with Crippen molar-refractivity contribution >= 4 is 23.4 Å². The van der Waals surface area contributed by atoms with Gasteiger partial charge in [0.15, 0.2) is 5.65 Å². The van der Waals surface area contributed by atoms with Crippen LogP contribution in [0.2, 0.25) is 0 Å². The van der Waals surface area contributed by atoms with Crippen LogP contribution >= 0.6 is 12.2 Å². The number of hydrogen-bond acceptors (Lipinski definition) is 3. The standard InChI is InChI=1S/C9H12N4OS/c1-3-4-13-5-10-7-6(13)8(15)11-9(14)12(7)2/h5H,3-4H2,1-2H3,(H,11,14,15). The summed E-state index contributed by atoms with van der Waals surface area (Å²) in [5.41, 5.74) is 1.24. The molecule has 2 rings (SSSR count). The monoisotopic (exact) mass is 224 g/mol. The lowest BCUT2D eigenvalue weighted by molar-refractivity contribution is 0.695. The normalized spacial score (nSPS) is 11.1. The molecule has 0 atom stereocenters. The molecular formula is C9H12N4OS. The topological polar surface area (TPSA) is 55.6 Å². The van der Waals surface area contributed by atoms with Crippen LogP contribution in [0.1, 0.15) is 13.3 Å². The molecule has 0 aliphatic heterocycles. The maximum atomic E-state index is 11.4. The van der Waals surface area contributed by atoms with Crippen LogP contribution in [-0.4, -0.2) is 19.1 Å². The summed E-state index contributed by atoms with van der Waals surface area (Å²) in [7, 11) is 1.68. The molecule has 0 bridgehead atoms. The second-order valence-corrected chi connectivity index (χ2v) is 3.84. The van der Waals surface area contributed by atoms with Gasteiger partial charge in [0.1, 0.15) is 10.2 Å². The van der Waals surface area contributed by atoms with Gasteiger partial charge >= 0.3 is 5.69 Å². The summed E-state index contributed by atoms with van der Waals surface area (Å²) in [6.07, 6.45) is 2.72. The van der Waals surface area contributed by atoms with Crippen LogP contribution in [0.3, 0.4) is 0 Å². The average Bonchev–Trinajstić information content (AvgIpc) is 2.59. The molecule has 0 fully saturated rings. The molecule has 0 saturated heterocycles. The van der Waals surface area contributed by atoms with Crippen molar-refractivity contribution in [3.05, 3.63) is 21.5 Å². The van der Waals surface area contributed by atoms with E-state index in [0.717, 1.165) is 18.5 Å². The molecule has 80 valence electrons. The van der Waals surface area contributed by atoms with Crippen molar-refractivity contribution in [1.82, 2.24) is 19.1 Å². The van der Waals surface area contributed by atoms with Gasteiger partial charge in [-0.05, 0) is 6.42 Å². The highest BCUT2D eigenvalue weighted by atomic mass is 32.1. The molecule has 0 radical (unpaired) electrons. The number of aromatic amines is 1. The molecule has 0 unspecified atom stereocenters. The van der Waals surface area contributed by atoms with Gasteiger partial charge in [0.2, 0.25) is 0 Å². The SMILES string of the molecule is CCCn1cnc2c1c(=S)[nH]c(=O)n2C. The average molecular weight is 224 g/mol. The van der Waals surface area contributed by atoms with E-state index in [4.69, 9.17) is 12.2 Å². The van der Waals surface area contributed by atoms with Crippen molar-refractivity contribution in [3.8, 4) is 0 Å². The second-order valence-electron chi connectivity index (χ2n) is 3.43. The summed E-state index contributed by atoms with van der Waals surface area (Å²) >= 11 is 5.13. The first kappa shape index (κ1) is 10.1. The van der Waals surface area contributed by atoms with E-state index in [-0.39, 0.29) is 5.69 Å². The van der Waals surface area contributed by atoms with E-state index in [2.05, 4.69) is 16.9 Å². The molecule has 6 heteroatoms. The molecule has 0 spiro atoms. The maximum absolute atomic E-state index is 11.4. The minimum absolute atomic E-state index is 0.228. The number of aryl methyl sites for hydroxylation is 2. The smallest absolute Gasteiger partial charge is 0.327 e. The van der Waals surface area contributed by atoms with Crippen molar-refractivity contribution in [2.24, 2.45) is 7.05 Å². The quantitative estimate of drug-likeness (QED) is 0.780. The van der Waals surface area contributed by atoms with Crippen molar-refractivity contribution in [1.29, 1.82) is 0 Å². The lowest BCUT2D eigenvalue weighted by Crippen LogP contribution is -2.20.